The van der Waals surface area contributed by atoms with Gasteiger partial charge in [0.15, 0.2) is 0 Å². The molecule has 3 nitrogen and oxygen atoms in total. The van der Waals surface area contributed by atoms with Crippen molar-refractivity contribution < 1.29 is 9.90 Å². The Balaban J connectivity index is 2.11. The molecule has 0 saturated heterocycles. The third-order valence-electron chi connectivity index (χ3n) is 2.92. The van der Waals surface area contributed by atoms with Crippen LogP contribution in [-0.4, -0.2) is 17.6 Å². The zero-order chi connectivity index (χ0) is 15.1. The predicted octanol–water partition coefficient (Wildman–Crippen LogP) is 3.30. The van der Waals surface area contributed by atoms with Gasteiger partial charge >= 0.3 is 0 Å². The number of carbonyl (C=O) groups is 1. The van der Waals surface area contributed by atoms with Crippen LogP contribution < -0.4 is 5.32 Å². The van der Waals surface area contributed by atoms with Crippen molar-refractivity contribution in [3.05, 3.63) is 51.7 Å². The first-order valence-electron chi connectivity index (χ1n) is 6.82. The molecule has 0 bridgehead atoms. The number of aliphatic hydroxyl groups is 1. The minimum absolute atomic E-state index is 0.0571. The SMILES string of the molecule is CCc1ccsc1C(=O)Nc1cccc(C#CCCO)c1. The molecule has 0 fully saturated rings. The maximum absolute atomic E-state index is 12.3. The van der Waals surface area contributed by atoms with Crippen LogP contribution in [0.1, 0.15) is 34.1 Å². The molecule has 0 unspecified atom stereocenters. The van der Waals surface area contributed by atoms with Gasteiger partial charge in [0, 0.05) is 17.7 Å². The summed E-state index contributed by atoms with van der Waals surface area (Å²) in [5.41, 5.74) is 2.62. The van der Waals surface area contributed by atoms with Gasteiger partial charge in [-0.3, -0.25) is 4.79 Å². The van der Waals surface area contributed by atoms with Gasteiger partial charge in [0.1, 0.15) is 0 Å². The van der Waals surface area contributed by atoms with E-state index in [1.807, 2.05) is 42.6 Å². The number of amides is 1. The van der Waals surface area contributed by atoms with E-state index in [0.717, 1.165) is 28.1 Å². The predicted molar refractivity (Wildman–Crippen MR) is 86.7 cm³/mol. The molecule has 0 spiro atoms. The van der Waals surface area contributed by atoms with Crippen LogP contribution in [0.3, 0.4) is 0 Å². The molecule has 0 aliphatic heterocycles. The van der Waals surface area contributed by atoms with Gasteiger partial charge in [-0.1, -0.05) is 24.8 Å². The molecule has 108 valence electrons. The fraction of sp³-hybridized carbons (Fsp3) is 0.235. The second kappa shape index (κ2) is 7.63. The third kappa shape index (κ3) is 4.19. The minimum Gasteiger partial charge on any atom is -0.395 e. The van der Waals surface area contributed by atoms with Gasteiger partial charge in [-0.2, -0.15) is 0 Å². The third-order valence-corrected chi connectivity index (χ3v) is 3.88. The average molecular weight is 299 g/mol. The van der Waals surface area contributed by atoms with Crippen molar-refractivity contribution in [3.63, 3.8) is 0 Å². The normalized spacial score (nSPS) is 9.81. The second-order valence-electron chi connectivity index (χ2n) is 4.44. The summed E-state index contributed by atoms with van der Waals surface area (Å²) in [6.45, 7) is 2.10. The fourth-order valence-electron chi connectivity index (χ4n) is 1.90. The van der Waals surface area contributed by atoms with Gasteiger partial charge in [0.2, 0.25) is 0 Å². The Morgan fingerprint density at radius 1 is 1.38 bits per heavy atom. The van der Waals surface area contributed by atoms with Gasteiger partial charge < -0.3 is 10.4 Å². The molecule has 2 rings (SSSR count). The van der Waals surface area contributed by atoms with Crippen LogP contribution in [-0.2, 0) is 6.42 Å². The van der Waals surface area contributed by atoms with Crippen molar-refractivity contribution in [1.82, 2.24) is 0 Å². The van der Waals surface area contributed by atoms with Crippen molar-refractivity contribution in [2.75, 3.05) is 11.9 Å². The van der Waals surface area contributed by atoms with Crippen LogP contribution in [0.4, 0.5) is 5.69 Å². The van der Waals surface area contributed by atoms with Gasteiger partial charge in [0.25, 0.3) is 5.91 Å². The highest BCUT2D eigenvalue weighted by atomic mass is 32.1. The highest BCUT2D eigenvalue weighted by Gasteiger charge is 2.12. The van der Waals surface area contributed by atoms with Crippen LogP contribution >= 0.6 is 11.3 Å². The van der Waals surface area contributed by atoms with Crippen molar-refractivity contribution in [1.29, 1.82) is 0 Å². The Bertz CT molecular complexity index is 679. The van der Waals surface area contributed by atoms with Crippen LogP contribution in [0.2, 0.25) is 0 Å². The topological polar surface area (TPSA) is 49.3 Å². The quantitative estimate of drug-likeness (QED) is 0.851. The fourth-order valence-corrected chi connectivity index (χ4v) is 2.79. The van der Waals surface area contributed by atoms with E-state index in [1.165, 1.54) is 11.3 Å². The van der Waals surface area contributed by atoms with Gasteiger partial charge in [-0.15, -0.1) is 11.3 Å². The second-order valence-corrected chi connectivity index (χ2v) is 5.35. The number of thiophene rings is 1. The number of nitrogens with one attached hydrogen (secondary N) is 1. The van der Waals surface area contributed by atoms with Gasteiger partial charge in [0.05, 0.1) is 11.5 Å². The Morgan fingerprint density at radius 2 is 2.24 bits per heavy atom. The molecule has 0 aliphatic carbocycles. The molecule has 1 amide bonds. The molecule has 1 heterocycles. The van der Waals surface area contributed by atoms with Crippen molar-refractivity contribution in [3.8, 4) is 11.8 Å². The Morgan fingerprint density at radius 3 is 3.00 bits per heavy atom. The van der Waals surface area contributed by atoms with Crippen LogP contribution in [0.5, 0.6) is 0 Å². The molecular formula is C17H17NO2S. The summed E-state index contributed by atoms with van der Waals surface area (Å²) >= 11 is 1.45. The Labute approximate surface area is 128 Å². The first-order valence-corrected chi connectivity index (χ1v) is 7.70. The molecule has 0 saturated carbocycles. The molecule has 2 N–H and O–H groups in total. The van der Waals surface area contributed by atoms with Gasteiger partial charge in [-0.25, -0.2) is 0 Å². The van der Waals surface area contributed by atoms with E-state index >= 15 is 0 Å². The summed E-state index contributed by atoms with van der Waals surface area (Å²) in [7, 11) is 0. The van der Waals surface area contributed by atoms with Crippen molar-refractivity contribution in [2.45, 2.75) is 19.8 Å². The summed E-state index contributed by atoms with van der Waals surface area (Å²) in [6.07, 6.45) is 1.30. The van der Waals surface area contributed by atoms with Crippen molar-refractivity contribution >= 4 is 22.9 Å². The van der Waals surface area contributed by atoms with Crippen molar-refractivity contribution in [2.24, 2.45) is 0 Å². The summed E-state index contributed by atoms with van der Waals surface area (Å²) in [6, 6.07) is 9.39. The first-order chi connectivity index (χ1) is 10.2. The Hall–Kier alpha value is -2.09. The number of hydrogen-bond donors (Lipinski definition) is 2. The summed E-state index contributed by atoms with van der Waals surface area (Å²) in [5, 5.41) is 13.6. The highest BCUT2D eigenvalue weighted by Crippen LogP contribution is 2.19. The molecule has 0 atom stereocenters. The average Bonchev–Trinajstić information content (AvgIpc) is 2.96. The van der Waals surface area contributed by atoms with E-state index < -0.39 is 0 Å². The zero-order valence-corrected chi connectivity index (χ0v) is 12.7. The molecule has 4 heteroatoms. The number of hydrogen-bond acceptors (Lipinski definition) is 3. The molecular weight excluding hydrogens is 282 g/mol. The van der Waals surface area contributed by atoms with Crippen LogP contribution in [0.25, 0.3) is 0 Å². The summed E-state index contributed by atoms with van der Waals surface area (Å²) in [4.78, 5) is 13.0. The Kier molecular flexibility index (Phi) is 5.56. The molecule has 0 radical (unpaired) electrons. The lowest BCUT2D eigenvalue weighted by Crippen LogP contribution is -2.11. The van der Waals surface area contributed by atoms with Crippen LogP contribution in [0, 0.1) is 11.8 Å². The molecule has 1 aromatic carbocycles. The lowest BCUT2D eigenvalue weighted by Gasteiger charge is -2.05. The number of benzene rings is 1. The molecule has 2 aromatic rings. The largest absolute Gasteiger partial charge is 0.395 e. The van der Waals surface area contributed by atoms with E-state index in [2.05, 4.69) is 17.2 Å². The maximum Gasteiger partial charge on any atom is 0.266 e. The maximum atomic E-state index is 12.3. The van der Waals surface area contributed by atoms with E-state index in [-0.39, 0.29) is 12.5 Å². The number of aliphatic hydroxyl groups excluding tert-OH is 1. The minimum atomic E-state index is -0.0812. The summed E-state index contributed by atoms with van der Waals surface area (Å²) < 4.78 is 0. The number of carbonyl (C=O) groups excluding carboxylic acids is 1. The van der Waals surface area contributed by atoms with E-state index in [1.54, 1.807) is 0 Å². The number of aryl methyl sites for hydroxylation is 1. The lowest BCUT2D eigenvalue weighted by molar-refractivity contribution is 0.103. The van der Waals surface area contributed by atoms with E-state index in [4.69, 9.17) is 5.11 Å². The van der Waals surface area contributed by atoms with Gasteiger partial charge in [-0.05, 0) is 41.6 Å². The van der Waals surface area contributed by atoms with E-state index in [9.17, 15) is 4.79 Å². The van der Waals surface area contributed by atoms with Crippen LogP contribution in [0.15, 0.2) is 35.7 Å². The molecule has 21 heavy (non-hydrogen) atoms. The molecule has 1 aromatic heterocycles. The summed E-state index contributed by atoms with van der Waals surface area (Å²) in [5.74, 6) is 5.74. The lowest BCUT2D eigenvalue weighted by atomic mass is 10.2. The number of anilines is 1. The standard InChI is InChI=1S/C17H17NO2S/c1-2-14-9-11-21-16(14)17(20)18-15-8-5-7-13(12-15)6-3-4-10-19/h5,7-9,11-12,19H,2,4,10H2,1H3,(H,18,20). The number of rotatable bonds is 4. The highest BCUT2D eigenvalue weighted by molar-refractivity contribution is 7.12. The zero-order valence-electron chi connectivity index (χ0n) is 11.8. The molecule has 0 aliphatic rings. The first kappa shape index (κ1) is 15.3. The smallest absolute Gasteiger partial charge is 0.266 e. The van der Waals surface area contributed by atoms with E-state index in [0.29, 0.717) is 6.42 Å². The monoisotopic (exact) mass is 299 g/mol.